The number of aryl methyl sites for hydroxylation is 1. The largest absolute Gasteiger partial charge is 0.497 e. The fourth-order valence-corrected chi connectivity index (χ4v) is 6.71. The summed E-state index contributed by atoms with van der Waals surface area (Å²) in [5.74, 6) is 1.31. The molecule has 0 aliphatic heterocycles. The van der Waals surface area contributed by atoms with E-state index < -0.39 is 0 Å². The molecular formula is C34H39FO4. The molecule has 4 nitrogen and oxygen atoms in total. The van der Waals surface area contributed by atoms with E-state index in [0.29, 0.717) is 23.8 Å². The Balaban J connectivity index is 1.43. The van der Waals surface area contributed by atoms with Gasteiger partial charge in [-0.1, -0.05) is 51.5 Å². The van der Waals surface area contributed by atoms with Crippen LogP contribution >= 0.6 is 0 Å². The first-order valence-electron chi connectivity index (χ1n) is 14.0. The first-order chi connectivity index (χ1) is 18.7. The van der Waals surface area contributed by atoms with Gasteiger partial charge >= 0.3 is 5.97 Å². The van der Waals surface area contributed by atoms with Gasteiger partial charge in [0.25, 0.3) is 0 Å². The maximum absolute atomic E-state index is 15.1. The number of benzene rings is 3. The van der Waals surface area contributed by atoms with Crippen molar-refractivity contribution in [3.05, 3.63) is 82.7 Å². The second kappa shape index (κ2) is 11.0. The summed E-state index contributed by atoms with van der Waals surface area (Å²) in [6.07, 6.45) is 5.31. The van der Waals surface area contributed by atoms with E-state index in [9.17, 15) is 4.79 Å². The molecular weight excluding hydrogens is 491 g/mol. The van der Waals surface area contributed by atoms with Crippen LogP contribution in [0.25, 0.3) is 11.1 Å². The molecule has 0 N–H and O–H groups in total. The summed E-state index contributed by atoms with van der Waals surface area (Å²) in [5.41, 5.74) is 6.32. The summed E-state index contributed by atoms with van der Waals surface area (Å²) in [6.45, 7) is 6.99. The zero-order valence-electron chi connectivity index (χ0n) is 23.7. The highest BCUT2D eigenvalue weighted by Gasteiger charge is 2.37. The van der Waals surface area contributed by atoms with Crippen LogP contribution in [0.15, 0.2) is 54.6 Å². The van der Waals surface area contributed by atoms with Crippen LogP contribution in [-0.2, 0) is 22.6 Å². The minimum absolute atomic E-state index is 0.134. The van der Waals surface area contributed by atoms with Gasteiger partial charge in [0.15, 0.2) is 0 Å². The van der Waals surface area contributed by atoms with Crippen molar-refractivity contribution >= 4 is 5.97 Å². The van der Waals surface area contributed by atoms with Gasteiger partial charge < -0.3 is 14.2 Å². The van der Waals surface area contributed by atoms with Crippen molar-refractivity contribution in [2.75, 3.05) is 14.2 Å². The minimum atomic E-state index is -0.245. The molecule has 0 spiro atoms. The standard InChI is InChI=1S/C34H39FO4/c1-21(33(36)38-5)26-14-10-23-9-11-25(19-28(23)26)39-20-22-8-13-27(30-18-24(37-4)12-15-32(30)35)29(17-22)31-7-6-16-34(31,2)3/h8-9,11-13,15,17-19,21,26,31H,6-7,10,14,16,20H2,1-5H3/t21?,26?,31-/m1/s1. The molecule has 0 heterocycles. The Hall–Kier alpha value is -3.34. The molecule has 2 aliphatic carbocycles. The van der Waals surface area contributed by atoms with Crippen molar-refractivity contribution in [1.29, 1.82) is 0 Å². The maximum Gasteiger partial charge on any atom is 0.308 e. The monoisotopic (exact) mass is 530 g/mol. The Labute approximate surface area is 231 Å². The Morgan fingerprint density at radius 1 is 0.974 bits per heavy atom. The van der Waals surface area contributed by atoms with Crippen LogP contribution < -0.4 is 9.47 Å². The van der Waals surface area contributed by atoms with Gasteiger partial charge in [-0.2, -0.15) is 0 Å². The molecule has 0 aromatic heterocycles. The number of fused-ring (bicyclic) bond motifs is 1. The summed E-state index contributed by atoms with van der Waals surface area (Å²) < 4.78 is 31.8. The summed E-state index contributed by atoms with van der Waals surface area (Å²) in [5, 5.41) is 0. The predicted octanol–water partition coefficient (Wildman–Crippen LogP) is 8.21. The van der Waals surface area contributed by atoms with Crippen LogP contribution in [0.2, 0.25) is 0 Å². The molecule has 39 heavy (non-hydrogen) atoms. The van der Waals surface area contributed by atoms with Crippen molar-refractivity contribution in [1.82, 2.24) is 0 Å². The molecule has 3 aromatic rings. The fraction of sp³-hybridized carbons (Fsp3) is 0.441. The van der Waals surface area contributed by atoms with Gasteiger partial charge in [0.2, 0.25) is 0 Å². The van der Waals surface area contributed by atoms with Crippen LogP contribution in [0, 0.1) is 17.2 Å². The quantitative estimate of drug-likeness (QED) is 0.275. The number of methoxy groups -OCH3 is 2. The zero-order chi connectivity index (χ0) is 27.7. The van der Waals surface area contributed by atoms with E-state index in [0.717, 1.165) is 42.6 Å². The lowest BCUT2D eigenvalue weighted by Crippen LogP contribution is -2.19. The second-order valence-electron chi connectivity index (χ2n) is 11.8. The first kappa shape index (κ1) is 27.2. The van der Waals surface area contributed by atoms with Crippen LogP contribution in [0.1, 0.15) is 80.5 Å². The molecule has 0 radical (unpaired) electrons. The average Bonchev–Trinajstić information content (AvgIpc) is 3.53. The second-order valence-corrected chi connectivity index (χ2v) is 11.8. The Kier molecular flexibility index (Phi) is 7.70. The van der Waals surface area contributed by atoms with E-state index in [1.807, 2.05) is 25.1 Å². The number of carbonyl (C=O) groups excluding carboxylic acids is 1. The zero-order valence-corrected chi connectivity index (χ0v) is 23.7. The van der Waals surface area contributed by atoms with Gasteiger partial charge in [-0.05, 0) is 101 Å². The summed E-state index contributed by atoms with van der Waals surface area (Å²) in [6, 6.07) is 17.5. The molecule has 2 aliphatic rings. The van der Waals surface area contributed by atoms with Crippen molar-refractivity contribution < 1.29 is 23.4 Å². The molecule has 1 saturated carbocycles. The van der Waals surface area contributed by atoms with E-state index in [1.54, 1.807) is 19.2 Å². The lowest BCUT2D eigenvalue weighted by Gasteiger charge is -2.30. The van der Waals surface area contributed by atoms with Crippen molar-refractivity contribution in [3.8, 4) is 22.6 Å². The topological polar surface area (TPSA) is 44.8 Å². The molecule has 5 rings (SSSR count). The van der Waals surface area contributed by atoms with Crippen molar-refractivity contribution in [2.45, 2.75) is 71.3 Å². The third kappa shape index (κ3) is 5.41. The number of rotatable bonds is 8. The van der Waals surface area contributed by atoms with Crippen LogP contribution in [0.3, 0.4) is 0 Å². The van der Waals surface area contributed by atoms with E-state index in [2.05, 4.69) is 32.0 Å². The summed E-state index contributed by atoms with van der Waals surface area (Å²) in [4.78, 5) is 12.2. The third-order valence-electron chi connectivity index (χ3n) is 9.04. The molecule has 3 aromatic carbocycles. The molecule has 0 saturated heterocycles. The number of ether oxygens (including phenoxy) is 3. The Morgan fingerprint density at radius 3 is 2.49 bits per heavy atom. The molecule has 3 atom stereocenters. The van der Waals surface area contributed by atoms with Gasteiger partial charge in [-0.3, -0.25) is 4.79 Å². The minimum Gasteiger partial charge on any atom is -0.497 e. The van der Waals surface area contributed by atoms with Crippen molar-refractivity contribution in [3.63, 3.8) is 0 Å². The molecule has 0 bridgehead atoms. The van der Waals surface area contributed by atoms with Gasteiger partial charge in [0, 0.05) is 5.56 Å². The predicted molar refractivity (Wildman–Crippen MR) is 152 cm³/mol. The molecule has 1 fully saturated rings. The number of carbonyl (C=O) groups is 1. The number of halogens is 1. The molecule has 206 valence electrons. The normalized spacial score (nSPS) is 20.4. The highest BCUT2D eigenvalue weighted by molar-refractivity contribution is 5.73. The summed E-state index contributed by atoms with van der Waals surface area (Å²) in [7, 11) is 3.05. The molecule has 5 heteroatoms. The van der Waals surface area contributed by atoms with Gasteiger partial charge in [-0.15, -0.1) is 0 Å². The van der Waals surface area contributed by atoms with E-state index in [-0.39, 0.29) is 29.0 Å². The number of esters is 1. The van der Waals surface area contributed by atoms with Crippen LogP contribution in [0.4, 0.5) is 4.39 Å². The SMILES string of the molecule is COC(=O)C(C)C1CCc2ccc(OCc3ccc(-c4cc(OC)ccc4F)c([C@H]4CCCC4(C)C)c3)cc21. The summed E-state index contributed by atoms with van der Waals surface area (Å²) >= 11 is 0. The van der Waals surface area contributed by atoms with Crippen LogP contribution in [0.5, 0.6) is 11.5 Å². The van der Waals surface area contributed by atoms with Gasteiger partial charge in [0.05, 0.1) is 20.1 Å². The lowest BCUT2D eigenvalue weighted by molar-refractivity contribution is -0.145. The van der Waals surface area contributed by atoms with Crippen molar-refractivity contribution in [2.24, 2.45) is 11.3 Å². The first-order valence-corrected chi connectivity index (χ1v) is 14.0. The smallest absolute Gasteiger partial charge is 0.308 e. The number of hydrogen-bond acceptors (Lipinski definition) is 4. The highest BCUT2D eigenvalue weighted by Crippen LogP contribution is 2.51. The highest BCUT2D eigenvalue weighted by atomic mass is 19.1. The Bertz CT molecular complexity index is 1360. The maximum atomic E-state index is 15.1. The third-order valence-corrected chi connectivity index (χ3v) is 9.04. The fourth-order valence-electron chi connectivity index (χ4n) is 6.71. The molecule has 2 unspecified atom stereocenters. The molecule has 0 amide bonds. The average molecular weight is 531 g/mol. The van der Waals surface area contributed by atoms with E-state index in [1.165, 1.54) is 36.3 Å². The van der Waals surface area contributed by atoms with Gasteiger partial charge in [-0.25, -0.2) is 4.39 Å². The van der Waals surface area contributed by atoms with E-state index >= 15 is 4.39 Å². The Morgan fingerprint density at radius 2 is 1.77 bits per heavy atom. The van der Waals surface area contributed by atoms with E-state index in [4.69, 9.17) is 14.2 Å². The van der Waals surface area contributed by atoms with Gasteiger partial charge in [0.1, 0.15) is 23.9 Å². The van der Waals surface area contributed by atoms with Crippen LogP contribution in [-0.4, -0.2) is 20.2 Å². The lowest BCUT2D eigenvalue weighted by atomic mass is 9.75. The number of hydrogen-bond donors (Lipinski definition) is 0.